The van der Waals surface area contributed by atoms with Crippen LogP contribution < -0.4 is 5.32 Å². The minimum Gasteiger partial charge on any atom is -0.400 e. The lowest BCUT2D eigenvalue weighted by atomic mass is 9.77. The molecule has 1 aliphatic rings. The lowest BCUT2D eigenvalue weighted by Crippen LogP contribution is -2.41. The van der Waals surface area contributed by atoms with E-state index < -0.39 is 0 Å². The summed E-state index contributed by atoms with van der Waals surface area (Å²) >= 11 is 0. The lowest BCUT2D eigenvalue weighted by Gasteiger charge is -2.32. The number of likely N-dealkylation sites (N-methyl/N-ethyl adjacent to an activating group) is 1. The average molecular weight is 301 g/mol. The molecule has 0 unspecified atom stereocenters. The molecule has 1 N–H and O–H groups in total. The van der Waals surface area contributed by atoms with Gasteiger partial charge in [-0.15, -0.1) is 0 Å². The first kappa shape index (κ1) is 17.3. The highest BCUT2D eigenvalue weighted by Gasteiger charge is 2.52. The number of benzene rings is 1. The van der Waals surface area contributed by atoms with E-state index in [1.54, 1.807) is 0 Å². The van der Waals surface area contributed by atoms with E-state index >= 15 is 0 Å². The van der Waals surface area contributed by atoms with Crippen molar-refractivity contribution in [2.24, 2.45) is 0 Å². The molecule has 1 aliphatic heterocycles. The summed E-state index contributed by atoms with van der Waals surface area (Å²) in [5, 5.41) is 3.22. The molecule has 3 nitrogen and oxygen atoms in total. The Hall–Kier alpha value is -1.10. The highest BCUT2D eigenvalue weighted by molar-refractivity contribution is 6.55. The van der Waals surface area contributed by atoms with Crippen LogP contribution in [0, 0.1) is 13.8 Å². The molecule has 1 aromatic carbocycles. The molecule has 0 spiro atoms. The summed E-state index contributed by atoms with van der Waals surface area (Å²) in [5.74, 6) is 0. The third kappa shape index (κ3) is 3.62. The van der Waals surface area contributed by atoms with Crippen LogP contribution in [0.5, 0.6) is 0 Å². The minimum atomic E-state index is -0.312. The Bertz CT molecular complexity index is 542. The van der Waals surface area contributed by atoms with Crippen LogP contribution in [-0.4, -0.2) is 31.9 Å². The molecule has 1 heterocycles. The predicted octanol–water partition coefficient (Wildman–Crippen LogP) is 3.54. The molecular formula is C18H28BNO2. The van der Waals surface area contributed by atoms with Crippen molar-refractivity contribution in [1.82, 2.24) is 5.32 Å². The standard InChI is InChI=1S/C18H28BNO2/c1-13-8-14(2)10-15(9-13)11-16(12-20-7)19-21-17(3,4)18(5,6)22-19/h8-11,20H,12H2,1-7H3. The average Bonchev–Trinajstić information content (AvgIpc) is 2.56. The number of hydrogen-bond donors (Lipinski definition) is 1. The Labute approximate surface area is 135 Å². The van der Waals surface area contributed by atoms with E-state index in [-0.39, 0.29) is 18.3 Å². The fourth-order valence-electron chi connectivity index (χ4n) is 2.71. The second kappa shape index (κ2) is 6.19. The summed E-state index contributed by atoms with van der Waals surface area (Å²) < 4.78 is 12.4. The molecule has 0 atom stereocenters. The molecule has 1 aromatic rings. The van der Waals surface area contributed by atoms with Crippen LogP contribution in [0.25, 0.3) is 6.08 Å². The molecule has 120 valence electrons. The monoisotopic (exact) mass is 301 g/mol. The van der Waals surface area contributed by atoms with Crippen molar-refractivity contribution in [3.63, 3.8) is 0 Å². The van der Waals surface area contributed by atoms with E-state index in [4.69, 9.17) is 9.31 Å². The van der Waals surface area contributed by atoms with E-state index in [1.807, 2.05) is 7.05 Å². The van der Waals surface area contributed by atoms with Crippen molar-refractivity contribution in [3.05, 3.63) is 40.4 Å². The van der Waals surface area contributed by atoms with E-state index in [0.717, 1.165) is 12.0 Å². The molecule has 0 saturated carbocycles. The van der Waals surface area contributed by atoms with Crippen molar-refractivity contribution in [3.8, 4) is 0 Å². The maximum absolute atomic E-state index is 6.18. The summed E-state index contributed by atoms with van der Waals surface area (Å²) in [6.45, 7) is 13.3. The number of nitrogens with one attached hydrogen (secondary N) is 1. The third-order valence-corrected chi connectivity index (χ3v) is 4.53. The van der Waals surface area contributed by atoms with Crippen LogP contribution >= 0.6 is 0 Å². The Morgan fingerprint density at radius 2 is 1.55 bits per heavy atom. The molecule has 1 fully saturated rings. The second-order valence-electron chi connectivity index (χ2n) is 7.26. The molecule has 4 heteroatoms. The fourth-order valence-corrected chi connectivity index (χ4v) is 2.71. The first-order valence-corrected chi connectivity index (χ1v) is 7.93. The van der Waals surface area contributed by atoms with Gasteiger partial charge in [-0.25, -0.2) is 0 Å². The molecule has 0 bridgehead atoms. The molecular weight excluding hydrogens is 273 g/mol. The van der Waals surface area contributed by atoms with Crippen molar-refractivity contribution in [2.75, 3.05) is 13.6 Å². The maximum atomic E-state index is 6.18. The normalized spacial score (nSPS) is 20.5. The Balaban J connectivity index is 2.33. The maximum Gasteiger partial charge on any atom is 0.491 e. The van der Waals surface area contributed by atoms with E-state index in [1.165, 1.54) is 16.7 Å². The van der Waals surface area contributed by atoms with E-state index in [2.05, 4.69) is 71.1 Å². The van der Waals surface area contributed by atoms with Crippen LogP contribution in [0.1, 0.15) is 44.4 Å². The lowest BCUT2D eigenvalue weighted by molar-refractivity contribution is 0.00578. The summed E-state index contributed by atoms with van der Waals surface area (Å²) in [4.78, 5) is 0. The van der Waals surface area contributed by atoms with Gasteiger partial charge in [0.15, 0.2) is 0 Å². The quantitative estimate of drug-likeness (QED) is 0.863. The highest BCUT2D eigenvalue weighted by Crippen LogP contribution is 2.38. The number of hydrogen-bond acceptors (Lipinski definition) is 3. The van der Waals surface area contributed by atoms with Crippen LogP contribution in [0.2, 0.25) is 0 Å². The van der Waals surface area contributed by atoms with E-state index in [0.29, 0.717) is 0 Å². The van der Waals surface area contributed by atoms with Gasteiger partial charge in [0, 0.05) is 6.54 Å². The third-order valence-electron chi connectivity index (χ3n) is 4.53. The van der Waals surface area contributed by atoms with Gasteiger partial charge < -0.3 is 14.6 Å². The number of rotatable bonds is 4. The van der Waals surface area contributed by atoms with Gasteiger partial charge in [-0.05, 0) is 59.6 Å². The van der Waals surface area contributed by atoms with Gasteiger partial charge in [-0.1, -0.05) is 35.4 Å². The minimum absolute atomic E-state index is 0.307. The molecule has 1 saturated heterocycles. The van der Waals surface area contributed by atoms with E-state index in [9.17, 15) is 0 Å². The molecule has 0 aromatic heterocycles. The largest absolute Gasteiger partial charge is 0.491 e. The zero-order valence-electron chi connectivity index (χ0n) is 14.9. The van der Waals surface area contributed by atoms with Crippen molar-refractivity contribution < 1.29 is 9.31 Å². The number of aryl methyl sites for hydroxylation is 2. The fraction of sp³-hybridized carbons (Fsp3) is 0.556. The summed E-state index contributed by atoms with van der Waals surface area (Å²) in [7, 11) is 1.64. The van der Waals surface area contributed by atoms with Gasteiger partial charge in [0.2, 0.25) is 0 Å². The van der Waals surface area contributed by atoms with Crippen LogP contribution in [0.3, 0.4) is 0 Å². The molecule has 22 heavy (non-hydrogen) atoms. The molecule has 0 radical (unpaired) electrons. The molecule has 0 amide bonds. The smallest absolute Gasteiger partial charge is 0.400 e. The van der Waals surface area contributed by atoms with Gasteiger partial charge in [-0.2, -0.15) is 0 Å². The first-order valence-electron chi connectivity index (χ1n) is 7.93. The van der Waals surface area contributed by atoms with Crippen LogP contribution in [0.15, 0.2) is 23.7 Å². The molecule has 0 aliphatic carbocycles. The Morgan fingerprint density at radius 3 is 2.00 bits per heavy atom. The van der Waals surface area contributed by atoms with Gasteiger partial charge in [-0.3, -0.25) is 0 Å². The van der Waals surface area contributed by atoms with Crippen molar-refractivity contribution in [2.45, 2.75) is 52.7 Å². The summed E-state index contributed by atoms with van der Waals surface area (Å²) in [5.41, 5.74) is 4.22. The summed E-state index contributed by atoms with van der Waals surface area (Å²) in [6, 6.07) is 6.56. The SMILES string of the molecule is CNCC(=Cc1cc(C)cc(C)c1)B1OC(C)(C)C(C)(C)O1. The highest BCUT2D eigenvalue weighted by atomic mass is 16.7. The Morgan fingerprint density at radius 1 is 1.05 bits per heavy atom. The van der Waals surface area contributed by atoms with Crippen molar-refractivity contribution >= 4 is 13.2 Å². The van der Waals surface area contributed by atoms with Gasteiger partial charge in [0.1, 0.15) is 0 Å². The van der Waals surface area contributed by atoms with Crippen molar-refractivity contribution in [1.29, 1.82) is 0 Å². The Kier molecular flexibility index (Phi) is 4.86. The van der Waals surface area contributed by atoms with Crippen LogP contribution in [-0.2, 0) is 9.31 Å². The van der Waals surface area contributed by atoms with Gasteiger partial charge in [0.05, 0.1) is 11.2 Å². The second-order valence-corrected chi connectivity index (χ2v) is 7.26. The van der Waals surface area contributed by atoms with Gasteiger partial charge >= 0.3 is 7.12 Å². The predicted molar refractivity (Wildman–Crippen MR) is 93.9 cm³/mol. The van der Waals surface area contributed by atoms with Crippen LogP contribution in [0.4, 0.5) is 0 Å². The van der Waals surface area contributed by atoms with Gasteiger partial charge in [0.25, 0.3) is 0 Å². The first-order chi connectivity index (χ1) is 10.1. The molecule has 2 rings (SSSR count). The zero-order valence-corrected chi connectivity index (χ0v) is 14.9. The topological polar surface area (TPSA) is 30.5 Å². The summed E-state index contributed by atoms with van der Waals surface area (Å²) in [6.07, 6.45) is 2.18. The zero-order chi connectivity index (χ0) is 16.5.